The van der Waals surface area contributed by atoms with Crippen molar-refractivity contribution in [3.05, 3.63) is 18.0 Å². The third-order valence-electron chi connectivity index (χ3n) is 3.86. The minimum atomic E-state index is -4.66. The van der Waals surface area contributed by atoms with Crippen molar-refractivity contribution in [1.29, 1.82) is 0 Å². The molecule has 0 radical (unpaired) electrons. The Hall–Kier alpha value is -2.06. The summed E-state index contributed by atoms with van der Waals surface area (Å²) in [6, 6.07) is 0. The molecule has 2 rings (SSSR count). The number of carbonyl (C=O) groups excluding carboxylic acids is 1. The Morgan fingerprint density at radius 1 is 1.26 bits per heavy atom. The first-order chi connectivity index (χ1) is 10.4. The number of carboxylic acids is 1. The number of alkyl halides is 3. The molecule has 0 bridgehead atoms. The zero-order valence-electron chi connectivity index (χ0n) is 13.0. The Morgan fingerprint density at radius 2 is 1.87 bits per heavy atom. The molecule has 1 N–H and O–H groups in total. The molecule has 9 heteroatoms. The summed E-state index contributed by atoms with van der Waals surface area (Å²) in [7, 11) is 0. The van der Waals surface area contributed by atoms with Crippen molar-refractivity contribution in [2.45, 2.75) is 32.5 Å². The van der Waals surface area contributed by atoms with E-state index in [4.69, 9.17) is 5.11 Å². The highest BCUT2D eigenvalue weighted by Gasteiger charge is 2.53. The molecule has 1 aromatic rings. The molecule has 23 heavy (non-hydrogen) atoms. The minimum absolute atomic E-state index is 0.145. The van der Waals surface area contributed by atoms with E-state index in [1.807, 2.05) is 20.8 Å². The molecule has 1 fully saturated rings. The number of aromatic nitrogens is 2. The number of halogens is 3. The molecule has 1 amide bonds. The van der Waals surface area contributed by atoms with Crippen LogP contribution in [0.25, 0.3) is 0 Å². The lowest BCUT2D eigenvalue weighted by Crippen LogP contribution is -2.34. The van der Waals surface area contributed by atoms with Crippen LogP contribution in [-0.4, -0.2) is 50.9 Å². The van der Waals surface area contributed by atoms with Gasteiger partial charge in [-0.25, -0.2) is 0 Å². The average molecular weight is 333 g/mol. The number of nitrogens with zero attached hydrogens (tertiary/aromatic N) is 3. The normalized spacial score (nSPS) is 22.4. The SMILES string of the molecule is CC(C)(C)n1cc(C(=O)N2C[C@@H](C(F)(F)F)[C@H](C(=O)O)C2)cn1. The Bertz CT molecular complexity index is 619. The maximum Gasteiger partial charge on any atom is 0.394 e. The molecule has 0 aliphatic carbocycles. The molecule has 6 nitrogen and oxygen atoms in total. The molecule has 2 heterocycles. The number of hydrogen-bond acceptors (Lipinski definition) is 3. The van der Waals surface area contributed by atoms with E-state index in [2.05, 4.69) is 5.10 Å². The monoisotopic (exact) mass is 333 g/mol. The highest BCUT2D eigenvalue weighted by atomic mass is 19.4. The first-order valence-corrected chi connectivity index (χ1v) is 7.05. The predicted octanol–water partition coefficient (Wildman–Crippen LogP) is 1.97. The third kappa shape index (κ3) is 3.48. The maximum atomic E-state index is 13.0. The van der Waals surface area contributed by atoms with Crippen LogP contribution in [0.2, 0.25) is 0 Å². The van der Waals surface area contributed by atoms with Crippen molar-refractivity contribution >= 4 is 11.9 Å². The van der Waals surface area contributed by atoms with Gasteiger partial charge >= 0.3 is 12.1 Å². The fourth-order valence-corrected chi connectivity index (χ4v) is 2.53. The molecule has 1 aliphatic heterocycles. The van der Waals surface area contributed by atoms with Gasteiger partial charge in [-0.1, -0.05) is 0 Å². The number of amides is 1. The van der Waals surface area contributed by atoms with Crippen LogP contribution in [0.1, 0.15) is 31.1 Å². The number of rotatable bonds is 2. The highest BCUT2D eigenvalue weighted by Crippen LogP contribution is 2.38. The van der Waals surface area contributed by atoms with Gasteiger partial charge in [-0.05, 0) is 20.8 Å². The van der Waals surface area contributed by atoms with Crippen LogP contribution < -0.4 is 0 Å². The molecule has 0 spiro atoms. The minimum Gasteiger partial charge on any atom is -0.481 e. The van der Waals surface area contributed by atoms with Crippen molar-refractivity contribution in [1.82, 2.24) is 14.7 Å². The van der Waals surface area contributed by atoms with Crippen LogP contribution in [0.5, 0.6) is 0 Å². The lowest BCUT2D eigenvalue weighted by molar-refractivity contribution is -0.187. The molecular formula is C14H18F3N3O3. The summed E-state index contributed by atoms with van der Waals surface area (Å²) in [5.74, 6) is -5.88. The third-order valence-corrected chi connectivity index (χ3v) is 3.86. The molecule has 1 saturated heterocycles. The summed E-state index contributed by atoms with van der Waals surface area (Å²) in [5, 5.41) is 13.0. The zero-order valence-corrected chi connectivity index (χ0v) is 13.0. The van der Waals surface area contributed by atoms with Crippen molar-refractivity contribution in [2.24, 2.45) is 11.8 Å². The second-order valence-corrected chi connectivity index (χ2v) is 6.65. The van der Waals surface area contributed by atoms with Gasteiger partial charge in [-0.2, -0.15) is 18.3 Å². The van der Waals surface area contributed by atoms with Crippen LogP contribution >= 0.6 is 0 Å². The molecule has 128 valence electrons. The topological polar surface area (TPSA) is 75.4 Å². The van der Waals surface area contributed by atoms with Crippen molar-refractivity contribution in [3.63, 3.8) is 0 Å². The molecule has 0 unspecified atom stereocenters. The van der Waals surface area contributed by atoms with E-state index in [0.29, 0.717) is 0 Å². The largest absolute Gasteiger partial charge is 0.481 e. The van der Waals surface area contributed by atoms with Gasteiger partial charge in [0.15, 0.2) is 0 Å². The summed E-state index contributed by atoms with van der Waals surface area (Å²) in [4.78, 5) is 24.3. The first kappa shape index (κ1) is 17.3. The molecule has 2 atom stereocenters. The smallest absolute Gasteiger partial charge is 0.394 e. The fraction of sp³-hybridized carbons (Fsp3) is 0.643. The van der Waals surface area contributed by atoms with Gasteiger partial charge in [0.1, 0.15) is 0 Å². The second kappa shape index (κ2) is 5.54. The molecular weight excluding hydrogens is 315 g/mol. The van der Waals surface area contributed by atoms with E-state index in [9.17, 15) is 22.8 Å². The summed E-state index contributed by atoms with van der Waals surface area (Å²) in [6.07, 6.45) is -1.92. The Kier molecular flexibility index (Phi) is 4.16. The number of likely N-dealkylation sites (tertiary alicyclic amines) is 1. The van der Waals surface area contributed by atoms with E-state index in [1.54, 1.807) is 0 Å². The van der Waals surface area contributed by atoms with Gasteiger partial charge in [-0.15, -0.1) is 0 Å². The van der Waals surface area contributed by atoms with E-state index in [0.717, 1.165) is 4.90 Å². The van der Waals surface area contributed by atoms with Crippen molar-refractivity contribution in [3.8, 4) is 0 Å². The quantitative estimate of drug-likeness (QED) is 0.898. The lowest BCUT2D eigenvalue weighted by Gasteiger charge is -2.19. The Labute approximate surface area is 130 Å². The van der Waals surface area contributed by atoms with Gasteiger partial charge in [0.25, 0.3) is 5.91 Å². The van der Waals surface area contributed by atoms with Gasteiger partial charge in [0, 0.05) is 19.3 Å². The highest BCUT2D eigenvalue weighted by molar-refractivity contribution is 5.94. The van der Waals surface area contributed by atoms with Gasteiger partial charge in [0.05, 0.1) is 29.1 Å². The molecule has 1 aromatic heterocycles. The average Bonchev–Trinajstić information content (AvgIpc) is 3.04. The van der Waals surface area contributed by atoms with Crippen LogP contribution in [-0.2, 0) is 10.3 Å². The maximum absolute atomic E-state index is 13.0. The summed E-state index contributed by atoms with van der Waals surface area (Å²) >= 11 is 0. The lowest BCUT2D eigenvalue weighted by atomic mass is 9.96. The number of carbonyl (C=O) groups is 2. The molecule has 0 saturated carbocycles. The first-order valence-electron chi connectivity index (χ1n) is 7.05. The van der Waals surface area contributed by atoms with Gasteiger partial charge < -0.3 is 10.0 Å². The van der Waals surface area contributed by atoms with Crippen molar-refractivity contribution in [2.75, 3.05) is 13.1 Å². The van der Waals surface area contributed by atoms with Crippen LogP contribution in [0.15, 0.2) is 12.4 Å². The number of aliphatic carboxylic acids is 1. The second-order valence-electron chi connectivity index (χ2n) is 6.65. The van der Waals surface area contributed by atoms with E-state index in [-0.39, 0.29) is 11.1 Å². The summed E-state index contributed by atoms with van der Waals surface area (Å²) in [5.41, 5.74) is -0.228. The van der Waals surface area contributed by atoms with Crippen LogP contribution in [0.3, 0.4) is 0 Å². The molecule has 0 aromatic carbocycles. The van der Waals surface area contributed by atoms with Crippen LogP contribution in [0, 0.1) is 11.8 Å². The summed E-state index contributed by atoms with van der Waals surface area (Å²) in [6.45, 7) is 4.48. The predicted molar refractivity (Wildman–Crippen MR) is 73.8 cm³/mol. The molecule has 1 aliphatic rings. The van der Waals surface area contributed by atoms with Crippen LogP contribution in [0.4, 0.5) is 13.2 Å². The zero-order chi connectivity index (χ0) is 17.6. The van der Waals surface area contributed by atoms with Gasteiger partial charge in [0.2, 0.25) is 0 Å². The summed E-state index contributed by atoms with van der Waals surface area (Å²) < 4.78 is 40.4. The standard InChI is InChI=1S/C14H18F3N3O3/c1-13(2,3)20-5-8(4-18-20)11(21)19-6-9(12(22)23)10(7-19)14(15,16)17/h4-5,9-10H,6-7H2,1-3H3,(H,22,23)/t9-,10-/m1/s1. The van der Waals surface area contributed by atoms with Crippen molar-refractivity contribution < 1.29 is 27.9 Å². The fourth-order valence-electron chi connectivity index (χ4n) is 2.53. The van der Waals surface area contributed by atoms with E-state index >= 15 is 0 Å². The van der Waals surface area contributed by atoms with E-state index < -0.39 is 43.0 Å². The Balaban J connectivity index is 2.21. The van der Waals surface area contributed by atoms with Gasteiger partial charge in [-0.3, -0.25) is 14.3 Å². The Morgan fingerprint density at radius 3 is 2.26 bits per heavy atom. The van der Waals surface area contributed by atoms with E-state index in [1.165, 1.54) is 17.1 Å². The number of carboxylic acid groups (broad SMARTS) is 1. The number of hydrogen-bond donors (Lipinski definition) is 1.